The molecule has 3 rings (SSSR count). The Kier molecular flexibility index (Phi) is 4.68. The number of morpholine rings is 1. The van der Waals surface area contributed by atoms with Gasteiger partial charge in [0.15, 0.2) is 0 Å². The Labute approximate surface area is 125 Å². The van der Waals surface area contributed by atoms with Gasteiger partial charge in [-0.3, -0.25) is 4.79 Å². The van der Waals surface area contributed by atoms with E-state index >= 15 is 0 Å². The standard InChI is InChI=1S/C15H20N2O2.ClH/c1-10-3-4-12(7-11(10)2)15(18)17-5-6-19-14-9-16-8-13(14)17;/h3-4,7,13-14,16H,5-6,8-9H2,1-2H3;1H/t13-,14+;/m1./s1. The molecular formula is C15H21ClN2O2. The summed E-state index contributed by atoms with van der Waals surface area (Å²) < 4.78 is 5.70. The number of aryl methyl sites for hydroxylation is 2. The van der Waals surface area contributed by atoms with Crippen molar-refractivity contribution >= 4 is 18.3 Å². The van der Waals surface area contributed by atoms with Crippen molar-refractivity contribution < 1.29 is 9.53 Å². The van der Waals surface area contributed by atoms with Crippen molar-refractivity contribution in [2.75, 3.05) is 26.2 Å². The fourth-order valence-electron chi connectivity index (χ4n) is 2.88. The lowest BCUT2D eigenvalue weighted by Gasteiger charge is -2.37. The molecule has 5 heteroatoms. The van der Waals surface area contributed by atoms with Crippen molar-refractivity contribution in [2.45, 2.75) is 26.0 Å². The van der Waals surface area contributed by atoms with E-state index in [4.69, 9.17) is 4.74 Å². The highest BCUT2D eigenvalue weighted by atomic mass is 35.5. The number of hydrogen-bond acceptors (Lipinski definition) is 3. The van der Waals surface area contributed by atoms with Crippen molar-refractivity contribution in [2.24, 2.45) is 0 Å². The van der Waals surface area contributed by atoms with Gasteiger partial charge in [0.05, 0.1) is 18.8 Å². The first kappa shape index (κ1) is 15.3. The lowest BCUT2D eigenvalue weighted by molar-refractivity contribution is -0.0364. The van der Waals surface area contributed by atoms with Gasteiger partial charge in [-0.25, -0.2) is 0 Å². The molecule has 2 saturated heterocycles. The molecule has 2 aliphatic rings. The predicted molar refractivity (Wildman–Crippen MR) is 80.6 cm³/mol. The average molecular weight is 297 g/mol. The number of nitrogens with zero attached hydrogens (tertiary/aromatic N) is 1. The predicted octanol–water partition coefficient (Wildman–Crippen LogP) is 1.54. The summed E-state index contributed by atoms with van der Waals surface area (Å²) in [5.74, 6) is 0.130. The number of benzene rings is 1. The molecule has 1 aromatic carbocycles. The summed E-state index contributed by atoms with van der Waals surface area (Å²) in [6.45, 7) is 7.12. The van der Waals surface area contributed by atoms with Crippen LogP contribution in [-0.2, 0) is 4.74 Å². The normalized spacial score (nSPS) is 25.0. The van der Waals surface area contributed by atoms with E-state index in [0.29, 0.717) is 13.2 Å². The Hall–Kier alpha value is -1.10. The molecular weight excluding hydrogens is 276 g/mol. The third-order valence-corrected chi connectivity index (χ3v) is 4.21. The second kappa shape index (κ2) is 6.12. The summed E-state index contributed by atoms with van der Waals surface area (Å²) >= 11 is 0. The molecule has 0 aliphatic carbocycles. The second-order valence-corrected chi connectivity index (χ2v) is 5.43. The zero-order valence-corrected chi connectivity index (χ0v) is 12.7. The highest BCUT2D eigenvalue weighted by molar-refractivity contribution is 5.94. The topological polar surface area (TPSA) is 41.6 Å². The SMILES string of the molecule is Cc1ccc(C(=O)N2CCO[C@H]3CNC[C@H]32)cc1C.Cl. The lowest BCUT2D eigenvalue weighted by atomic mass is 10.0. The van der Waals surface area contributed by atoms with Gasteiger partial charge in [0.25, 0.3) is 5.91 Å². The molecule has 1 aromatic rings. The Balaban J connectivity index is 0.00000147. The van der Waals surface area contributed by atoms with Crippen LogP contribution in [0.4, 0.5) is 0 Å². The van der Waals surface area contributed by atoms with Gasteiger partial charge in [0, 0.05) is 25.2 Å². The van der Waals surface area contributed by atoms with E-state index in [0.717, 1.165) is 18.7 Å². The van der Waals surface area contributed by atoms with Crippen LogP contribution in [0.15, 0.2) is 18.2 Å². The maximum Gasteiger partial charge on any atom is 0.254 e. The first-order chi connectivity index (χ1) is 9.16. The number of rotatable bonds is 1. The average Bonchev–Trinajstić information content (AvgIpc) is 2.89. The van der Waals surface area contributed by atoms with Crippen LogP contribution in [0, 0.1) is 13.8 Å². The number of nitrogens with one attached hydrogen (secondary N) is 1. The van der Waals surface area contributed by atoms with Crippen LogP contribution in [0.3, 0.4) is 0 Å². The summed E-state index contributed by atoms with van der Waals surface area (Å²) in [7, 11) is 0. The largest absolute Gasteiger partial charge is 0.373 e. The minimum Gasteiger partial charge on any atom is -0.373 e. The van der Waals surface area contributed by atoms with Crippen molar-refractivity contribution in [3.05, 3.63) is 34.9 Å². The van der Waals surface area contributed by atoms with Crippen LogP contribution in [-0.4, -0.2) is 49.2 Å². The van der Waals surface area contributed by atoms with Crippen LogP contribution in [0.5, 0.6) is 0 Å². The second-order valence-electron chi connectivity index (χ2n) is 5.43. The quantitative estimate of drug-likeness (QED) is 0.855. The van der Waals surface area contributed by atoms with E-state index in [2.05, 4.69) is 12.2 Å². The Morgan fingerprint density at radius 2 is 2.10 bits per heavy atom. The van der Waals surface area contributed by atoms with Crippen LogP contribution in [0.2, 0.25) is 0 Å². The third kappa shape index (κ3) is 2.68. The number of amides is 1. The molecule has 4 nitrogen and oxygen atoms in total. The van der Waals surface area contributed by atoms with Crippen LogP contribution >= 0.6 is 12.4 Å². The molecule has 2 aliphatic heterocycles. The number of fused-ring (bicyclic) bond motifs is 1. The van der Waals surface area contributed by atoms with E-state index in [1.807, 2.05) is 30.0 Å². The summed E-state index contributed by atoms with van der Waals surface area (Å²) in [6.07, 6.45) is 0.157. The van der Waals surface area contributed by atoms with E-state index in [-0.39, 0.29) is 30.5 Å². The van der Waals surface area contributed by atoms with E-state index in [9.17, 15) is 4.79 Å². The summed E-state index contributed by atoms with van der Waals surface area (Å²) in [4.78, 5) is 14.6. The van der Waals surface area contributed by atoms with Crippen molar-refractivity contribution in [3.63, 3.8) is 0 Å². The Bertz CT molecular complexity index is 507. The first-order valence-corrected chi connectivity index (χ1v) is 6.87. The minimum atomic E-state index is 0. The van der Waals surface area contributed by atoms with E-state index in [1.165, 1.54) is 11.1 Å². The van der Waals surface area contributed by atoms with Gasteiger partial charge in [-0.15, -0.1) is 12.4 Å². The van der Waals surface area contributed by atoms with Crippen LogP contribution in [0.1, 0.15) is 21.5 Å². The molecule has 1 N–H and O–H groups in total. The first-order valence-electron chi connectivity index (χ1n) is 6.87. The number of carbonyl (C=O) groups is 1. The molecule has 1 amide bonds. The third-order valence-electron chi connectivity index (χ3n) is 4.21. The number of carbonyl (C=O) groups excluding carboxylic acids is 1. The number of ether oxygens (including phenoxy) is 1. The molecule has 2 atom stereocenters. The van der Waals surface area contributed by atoms with Gasteiger partial charge >= 0.3 is 0 Å². The monoisotopic (exact) mass is 296 g/mol. The molecule has 2 fully saturated rings. The summed E-state index contributed by atoms with van der Waals surface area (Å²) in [6, 6.07) is 6.12. The van der Waals surface area contributed by atoms with Crippen molar-refractivity contribution in [1.82, 2.24) is 10.2 Å². The minimum absolute atomic E-state index is 0. The molecule has 2 heterocycles. The molecule has 0 aromatic heterocycles. The molecule has 110 valence electrons. The van der Waals surface area contributed by atoms with Gasteiger partial charge in [0.2, 0.25) is 0 Å². The van der Waals surface area contributed by atoms with Gasteiger partial charge in [-0.1, -0.05) is 6.07 Å². The van der Waals surface area contributed by atoms with Crippen LogP contribution < -0.4 is 5.32 Å². The lowest BCUT2D eigenvalue weighted by Crippen LogP contribution is -2.53. The highest BCUT2D eigenvalue weighted by Gasteiger charge is 2.38. The number of hydrogen-bond donors (Lipinski definition) is 1. The molecule has 0 radical (unpaired) electrons. The maximum atomic E-state index is 12.6. The number of halogens is 1. The molecule has 0 bridgehead atoms. The van der Waals surface area contributed by atoms with Crippen LogP contribution in [0.25, 0.3) is 0 Å². The van der Waals surface area contributed by atoms with Gasteiger partial charge in [0.1, 0.15) is 0 Å². The van der Waals surface area contributed by atoms with Crippen molar-refractivity contribution in [3.8, 4) is 0 Å². The molecule has 20 heavy (non-hydrogen) atoms. The van der Waals surface area contributed by atoms with Gasteiger partial charge < -0.3 is 15.0 Å². The highest BCUT2D eigenvalue weighted by Crippen LogP contribution is 2.21. The fraction of sp³-hybridized carbons (Fsp3) is 0.533. The maximum absolute atomic E-state index is 12.6. The van der Waals surface area contributed by atoms with Gasteiger partial charge in [-0.05, 0) is 37.1 Å². The van der Waals surface area contributed by atoms with Crippen molar-refractivity contribution in [1.29, 1.82) is 0 Å². The van der Waals surface area contributed by atoms with E-state index in [1.54, 1.807) is 0 Å². The Morgan fingerprint density at radius 1 is 1.30 bits per heavy atom. The fourth-order valence-corrected chi connectivity index (χ4v) is 2.88. The summed E-state index contributed by atoms with van der Waals surface area (Å²) in [5, 5.41) is 3.30. The summed E-state index contributed by atoms with van der Waals surface area (Å²) in [5.41, 5.74) is 3.18. The Morgan fingerprint density at radius 3 is 2.85 bits per heavy atom. The zero-order valence-electron chi connectivity index (χ0n) is 11.9. The molecule has 0 spiro atoms. The zero-order chi connectivity index (χ0) is 13.4. The molecule has 0 saturated carbocycles. The smallest absolute Gasteiger partial charge is 0.254 e. The van der Waals surface area contributed by atoms with E-state index < -0.39 is 0 Å². The van der Waals surface area contributed by atoms with Gasteiger partial charge in [-0.2, -0.15) is 0 Å². The molecule has 0 unspecified atom stereocenters.